The van der Waals surface area contributed by atoms with Gasteiger partial charge in [0.25, 0.3) is 0 Å². The van der Waals surface area contributed by atoms with Gasteiger partial charge in [-0.2, -0.15) is 0 Å². The maximum atomic E-state index is 2.58. The number of hydrogen-bond donors (Lipinski definition) is 0. The van der Waals surface area contributed by atoms with E-state index in [1.807, 2.05) is 0 Å². The first-order valence-corrected chi connectivity index (χ1v) is 16.4. The lowest BCUT2D eigenvalue weighted by Crippen LogP contribution is -2.29. The molecule has 3 heteroatoms. The van der Waals surface area contributed by atoms with Crippen LogP contribution in [0.1, 0.15) is 17.5 Å². The fraction of sp³-hybridized carbons (Fsp3) is 0.0455. The van der Waals surface area contributed by atoms with Gasteiger partial charge in [0.15, 0.2) is 0 Å². The Hall–Kier alpha value is -6.06. The Labute approximate surface area is 271 Å². The summed E-state index contributed by atoms with van der Waals surface area (Å²) < 4.78 is 4.96. The number of hydrogen-bond acceptors (Lipinski definition) is 1. The van der Waals surface area contributed by atoms with E-state index in [1.54, 1.807) is 0 Å². The van der Waals surface area contributed by atoms with Crippen molar-refractivity contribution in [2.75, 3.05) is 4.90 Å². The minimum atomic E-state index is 0.283. The molecule has 2 unspecified atom stereocenters. The zero-order chi connectivity index (χ0) is 30.6. The molecule has 0 fully saturated rings. The summed E-state index contributed by atoms with van der Waals surface area (Å²) in [5.41, 5.74) is 11.4. The van der Waals surface area contributed by atoms with E-state index in [2.05, 4.69) is 178 Å². The smallest absolute Gasteiger partial charge is 0.0706 e. The van der Waals surface area contributed by atoms with Crippen molar-refractivity contribution in [3.63, 3.8) is 0 Å². The van der Waals surface area contributed by atoms with Gasteiger partial charge in [-0.05, 0) is 65.2 Å². The van der Waals surface area contributed by atoms with Gasteiger partial charge in [0.05, 0.1) is 34.0 Å². The van der Waals surface area contributed by atoms with Crippen LogP contribution in [0, 0.1) is 0 Å². The number of nitrogens with zero attached hydrogens (tertiary/aromatic N) is 3. The van der Waals surface area contributed by atoms with Gasteiger partial charge in [0.1, 0.15) is 0 Å². The van der Waals surface area contributed by atoms with E-state index in [-0.39, 0.29) is 6.04 Å². The van der Waals surface area contributed by atoms with Gasteiger partial charge in [-0.15, -0.1) is 0 Å². The Bertz CT molecular complexity index is 2690. The quantitative estimate of drug-likeness (QED) is 0.197. The Morgan fingerprint density at radius 3 is 1.77 bits per heavy atom. The van der Waals surface area contributed by atoms with Crippen molar-refractivity contribution in [1.29, 1.82) is 0 Å². The second-order valence-electron chi connectivity index (χ2n) is 12.9. The molecule has 3 aliphatic rings. The minimum absolute atomic E-state index is 0.283. The second-order valence-corrected chi connectivity index (χ2v) is 12.9. The van der Waals surface area contributed by atoms with Crippen LogP contribution in [0.3, 0.4) is 0 Å². The van der Waals surface area contributed by atoms with Gasteiger partial charge in [0, 0.05) is 44.0 Å². The summed E-state index contributed by atoms with van der Waals surface area (Å²) in [6.45, 7) is 0. The summed E-state index contributed by atoms with van der Waals surface area (Å²) in [6.07, 6.45) is 6.92. The third kappa shape index (κ3) is 3.30. The lowest BCUT2D eigenvalue weighted by Gasteiger charge is -2.23. The second kappa shape index (κ2) is 9.24. The van der Waals surface area contributed by atoms with E-state index in [1.165, 1.54) is 82.7 Å². The first kappa shape index (κ1) is 25.2. The van der Waals surface area contributed by atoms with Crippen molar-refractivity contribution in [1.82, 2.24) is 9.13 Å². The van der Waals surface area contributed by atoms with Crippen LogP contribution in [-0.4, -0.2) is 9.13 Å². The van der Waals surface area contributed by atoms with E-state index in [9.17, 15) is 0 Å². The highest BCUT2D eigenvalue weighted by atomic mass is 15.2. The maximum absolute atomic E-state index is 2.58. The van der Waals surface area contributed by atoms with Crippen LogP contribution >= 0.6 is 0 Å². The topological polar surface area (TPSA) is 13.1 Å². The molecule has 11 rings (SSSR count). The fourth-order valence-electron chi connectivity index (χ4n) is 8.69. The lowest BCUT2D eigenvalue weighted by atomic mass is 9.91. The molecular formula is C44H29N3. The zero-order valence-corrected chi connectivity index (χ0v) is 25.6. The SMILES string of the molecule is C1=CC2C3C(=c4c5ccccc5c(n42)=C1)N(c1ccc(-c2ccc(-n4c5ccccc5c5ccccc54)cc2)cc1)c1ccccc13. The molecule has 0 saturated heterocycles. The highest BCUT2D eigenvalue weighted by Gasteiger charge is 2.45. The molecule has 6 aromatic carbocycles. The third-order valence-corrected chi connectivity index (χ3v) is 10.6. The Morgan fingerprint density at radius 2 is 1.06 bits per heavy atom. The van der Waals surface area contributed by atoms with Gasteiger partial charge < -0.3 is 14.0 Å². The van der Waals surface area contributed by atoms with Crippen LogP contribution in [0.25, 0.3) is 61.2 Å². The molecule has 8 aromatic rings. The van der Waals surface area contributed by atoms with Gasteiger partial charge in [-0.25, -0.2) is 0 Å². The number of fused-ring (bicyclic) bond motifs is 10. The van der Waals surface area contributed by atoms with Crippen LogP contribution in [0.5, 0.6) is 0 Å². The van der Waals surface area contributed by atoms with E-state index in [4.69, 9.17) is 0 Å². The molecule has 0 radical (unpaired) electrons. The summed E-state index contributed by atoms with van der Waals surface area (Å²) in [5, 5.41) is 7.91. The molecule has 47 heavy (non-hydrogen) atoms. The molecule has 2 aromatic heterocycles. The molecule has 0 N–H and O–H groups in total. The van der Waals surface area contributed by atoms with Crippen molar-refractivity contribution in [2.24, 2.45) is 0 Å². The van der Waals surface area contributed by atoms with Crippen LogP contribution in [-0.2, 0) is 0 Å². The van der Waals surface area contributed by atoms with Gasteiger partial charge >= 0.3 is 0 Å². The Balaban J connectivity index is 1.02. The normalized spacial score (nSPS) is 17.4. The molecule has 220 valence electrons. The molecule has 5 heterocycles. The van der Waals surface area contributed by atoms with E-state index < -0.39 is 0 Å². The largest absolute Gasteiger partial charge is 0.331 e. The number of rotatable bonds is 3. The average Bonchev–Trinajstić information content (AvgIpc) is 3.86. The highest BCUT2D eigenvalue weighted by Crippen LogP contribution is 2.55. The molecule has 0 aliphatic carbocycles. The number of benzene rings is 6. The van der Waals surface area contributed by atoms with Crippen molar-refractivity contribution in [2.45, 2.75) is 12.0 Å². The Morgan fingerprint density at radius 1 is 0.489 bits per heavy atom. The molecule has 0 bridgehead atoms. The molecule has 3 aliphatic heterocycles. The van der Waals surface area contributed by atoms with Crippen molar-refractivity contribution in [3.05, 3.63) is 174 Å². The summed E-state index contributed by atoms with van der Waals surface area (Å²) in [7, 11) is 0. The predicted octanol–water partition coefficient (Wildman–Crippen LogP) is 9.35. The monoisotopic (exact) mass is 599 g/mol. The van der Waals surface area contributed by atoms with Crippen LogP contribution in [0.2, 0.25) is 0 Å². The molecule has 0 amide bonds. The van der Waals surface area contributed by atoms with Crippen molar-refractivity contribution in [3.8, 4) is 16.8 Å². The number of para-hydroxylation sites is 3. The van der Waals surface area contributed by atoms with Gasteiger partial charge in [-0.1, -0.05) is 115 Å². The summed E-state index contributed by atoms with van der Waals surface area (Å²) in [5.74, 6) is 0.294. The fourth-order valence-corrected chi connectivity index (χ4v) is 8.69. The highest BCUT2D eigenvalue weighted by molar-refractivity contribution is 6.09. The number of anilines is 2. The Kier molecular flexibility index (Phi) is 4.95. The van der Waals surface area contributed by atoms with Crippen LogP contribution in [0.15, 0.2) is 158 Å². The summed E-state index contributed by atoms with van der Waals surface area (Å²) in [4.78, 5) is 2.52. The van der Waals surface area contributed by atoms with E-state index in [0.717, 1.165) is 0 Å². The van der Waals surface area contributed by atoms with Crippen LogP contribution in [0.4, 0.5) is 11.4 Å². The van der Waals surface area contributed by atoms with Crippen LogP contribution < -0.4 is 15.6 Å². The van der Waals surface area contributed by atoms with Gasteiger partial charge in [0.2, 0.25) is 0 Å². The lowest BCUT2D eigenvalue weighted by molar-refractivity contribution is 0.576. The van der Waals surface area contributed by atoms with Crippen molar-refractivity contribution >= 4 is 55.7 Å². The zero-order valence-electron chi connectivity index (χ0n) is 25.6. The molecule has 3 nitrogen and oxygen atoms in total. The number of aromatic nitrogens is 2. The molecule has 2 atom stereocenters. The first-order valence-electron chi connectivity index (χ1n) is 16.4. The third-order valence-electron chi connectivity index (χ3n) is 10.6. The summed E-state index contributed by atoms with van der Waals surface area (Å²) >= 11 is 0. The molecule has 0 saturated carbocycles. The van der Waals surface area contributed by atoms with E-state index >= 15 is 0 Å². The standard InChI is InChI=1S/C44H29N3/c1-2-13-35-34(12-1)39-18-9-19-41-42-36-14-5-8-17-40(36)46(44(42)43(35)47(39)41)31-26-22-29(23-27-31)28-20-24-30(25-21-28)45-37-15-6-3-10-32(37)33-11-4-7-16-38(33)45/h1-27,41-42H. The molecular weight excluding hydrogens is 571 g/mol. The predicted molar refractivity (Wildman–Crippen MR) is 195 cm³/mol. The first-order chi connectivity index (χ1) is 23.3. The molecule has 0 spiro atoms. The maximum Gasteiger partial charge on any atom is 0.0706 e. The van der Waals surface area contributed by atoms with Crippen molar-refractivity contribution < 1.29 is 0 Å². The average molecular weight is 600 g/mol. The number of allylic oxidation sites excluding steroid dienone is 2. The minimum Gasteiger partial charge on any atom is -0.331 e. The van der Waals surface area contributed by atoms with Gasteiger partial charge in [-0.3, -0.25) is 0 Å². The summed E-state index contributed by atoms with van der Waals surface area (Å²) in [6, 6.07) is 53.7. The van der Waals surface area contributed by atoms with E-state index in [0.29, 0.717) is 5.92 Å².